The maximum absolute atomic E-state index is 14.2. The van der Waals surface area contributed by atoms with Gasteiger partial charge in [-0.2, -0.15) is 26.3 Å². The summed E-state index contributed by atoms with van der Waals surface area (Å²) < 4.78 is 93.8. The number of carboxylic acids is 4. The molecule has 0 aliphatic heterocycles. The smallest absolute Gasteiger partial charge is 0.411 e. The van der Waals surface area contributed by atoms with Gasteiger partial charge in [-0.25, -0.2) is 38.4 Å². The molecular weight excluding hydrogens is 686 g/mol. The minimum atomic E-state index is -6.27. The van der Waals surface area contributed by atoms with Crippen molar-refractivity contribution in [3.8, 4) is 0 Å². The summed E-state index contributed by atoms with van der Waals surface area (Å²) in [5.41, 5.74) is -16.9. The second-order valence-corrected chi connectivity index (χ2v) is 9.78. The molecule has 0 radical (unpaired) electrons. The fraction of sp³-hybridized carbons (Fsp3) is 0.103. The maximum atomic E-state index is 14.2. The summed E-state index contributed by atoms with van der Waals surface area (Å²) in [7, 11) is 0. The summed E-state index contributed by atoms with van der Waals surface area (Å²) in [6.07, 6.45) is -12.5. The number of furan rings is 2. The van der Waals surface area contributed by atoms with Gasteiger partial charge in [0.2, 0.25) is 5.41 Å². The lowest BCUT2D eigenvalue weighted by Gasteiger charge is -2.38. The van der Waals surface area contributed by atoms with Gasteiger partial charge in [0.15, 0.2) is 0 Å². The highest BCUT2D eigenvalue weighted by atomic mass is 19.4. The van der Waals surface area contributed by atoms with Gasteiger partial charge >= 0.3 is 58.7 Å². The molecule has 3 aromatic carbocycles. The van der Waals surface area contributed by atoms with Crippen molar-refractivity contribution in [1.82, 2.24) is 0 Å². The zero-order chi connectivity index (χ0) is 37.0. The minimum Gasteiger partial charge on any atom is -0.478 e. The van der Waals surface area contributed by atoms with Gasteiger partial charge in [-0.15, -0.1) is 0 Å². The second-order valence-electron chi connectivity index (χ2n) is 9.78. The van der Waals surface area contributed by atoms with E-state index in [2.05, 4.69) is 8.83 Å². The third kappa shape index (κ3) is 5.79. The maximum Gasteiger partial charge on any atom is 0.411 e. The van der Waals surface area contributed by atoms with Crippen LogP contribution in [0.2, 0.25) is 0 Å². The third-order valence-corrected chi connectivity index (χ3v) is 7.09. The molecule has 0 aliphatic carbocycles. The second kappa shape index (κ2) is 11.9. The molecule has 0 aliphatic rings. The van der Waals surface area contributed by atoms with E-state index < -0.39 is 97.5 Å². The monoisotopic (exact) mass is 698 g/mol. The third-order valence-electron chi connectivity index (χ3n) is 7.09. The van der Waals surface area contributed by atoms with Crippen LogP contribution in [0.4, 0.5) is 26.3 Å². The first kappa shape index (κ1) is 35.3. The van der Waals surface area contributed by atoms with E-state index in [1.165, 1.54) is 0 Å². The van der Waals surface area contributed by atoms with E-state index in [0.29, 0.717) is 0 Å². The van der Waals surface area contributed by atoms with Gasteiger partial charge in [0.25, 0.3) is 0 Å². The predicted molar refractivity (Wildman–Crippen MR) is 147 cm³/mol. The van der Waals surface area contributed by atoms with Crippen molar-refractivity contribution >= 4 is 45.4 Å². The Kier molecular flexibility index (Phi) is 8.55. The first-order valence-electron chi connectivity index (χ1n) is 12.6. The van der Waals surface area contributed by atoms with Crippen molar-refractivity contribution in [3.05, 3.63) is 124 Å². The number of halogens is 6. The topological polar surface area (TPSA) is 244 Å². The molecule has 49 heavy (non-hydrogen) atoms. The number of carbonyl (C=O) groups is 4. The lowest BCUT2D eigenvalue weighted by atomic mass is 9.71. The number of rotatable bonds is 6. The van der Waals surface area contributed by atoms with Crippen molar-refractivity contribution in [2.45, 2.75) is 17.8 Å². The SMILES string of the molecule is O=C(O)c1ccc(C(c2ccc(C(=O)O)c(C(=O)O)c2)(C(F)(F)F)C(F)(F)F)cc1C(=O)O.O=c1oc(=O)c2cc3c(=O)oc(=O)c3cc12. The Morgan fingerprint density at radius 3 is 0.939 bits per heavy atom. The largest absolute Gasteiger partial charge is 0.478 e. The van der Waals surface area contributed by atoms with E-state index in [1.54, 1.807) is 0 Å². The van der Waals surface area contributed by atoms with Gasteiger partial charge in [-0.3, -0.25) is 0 Å². The molecule has 0 fully saturated rings. The van der Waals surface area contributed by atoms with Gasteiger partial charge in [0.05, 0.1) is 43.8 Å². The zero-order valence-corrected chi connectivity index (χ0v) is 23.3. The number of alkyl halides is 6. The van der Waals surface area contributed by atoms with E-state index in [0.717, 1.165) is 12.1 Å². The summed E-state index contributed by atoms with van der Waals surface area (Å²) in [6.45, 7) is 0. The van der Waals surface area contributed by atoms with Gasteiger partial charge < -0.3 is 29.3 Å². The number of aromatic carboxylic acids is 4. The van der Waals surface area contributed by atoms with Gasteiger partial charge in [0.1, 0.15) is 0 Å². The molecule has 0 spiro atoms. The lowest BCUT2D eigenvalue weighted by Crippen LogP contribution is -2.55. The highest BCUT2D eigenvalue weighted by Crippen LogP contribution is 2.56. The Labute approximate surface area is 262 Å². The fourth-order valence-electron chi connectivity index (χ4n) is 4.93. The Hall–Kier alpha value is -6.60. The molecule has 254 valence electrons. The summed E-state index contributed by atoms with van der Waals surface area (Å²) in [6, 6.07) is 2.70. The van der Waals surface area contributed by atoms with Crippen molar-refractivity contribution in [1.29, 1.82) is 0 Å². The molecular formula is C29H12F6O14. The molecule has 0 saturated carbocycles. The molecule has 0 bridgehead atoms. The lowest BCUT2D eigenvalue weighted by molar-refractivity contribution is -0.288. The molecule has 4 N–H and O–H groups in total. The van der Waals surface area contributed by atoms with Crippen molar-refractivity contribution < 1.29 is 74.8 Å². The van der Waals surface area contributed by atoms with Gasteiger partial charge in [-0.1, -0.05) is 12.1 Å². The average molecular weight is 698 g/mol. The van der Waals surface area contributed by atoms with Crippen LogP contribution in [0.1, 0.15) is 52.6 Å². The molecule has 2 heterocycles. The highest BCUT2D eigenvalue weighted by Gasteiger charge is 2.72. The molecule has 2 aromatic heterocycles. The van der Waals surface area contributed by atoms with Crippen LogP contribution in [0.25, 0.3) is 21.5 Å². The van der Waals surface area contributed by atoms with Crippen LogP contribution in [0, 0.1) is 0 Å². The number of hydrogen-bond donors (Lipinski definition) is 4. The molecule has 0 amide bonds. The van der Waals surface area contributed by atoms with Gasteiger partial charge in [0, 0.05) is 0 Å². The number of carboxylic acid groups (broad SMARTS) is 4. The fourth-order valence-corrected chi connectivity index (χ4v) is 4.93. The minimum absolute atomic E-state index is 0.0181. The standard InChI is InChI=1S/C19H10F6O8.C10H2O6/c20-18(21,22)17(19(23,24)25,7-1-3-9(13(26)27)11(5-7)15(30)31)8-2-4-10(14(28)29)12(6-8)16(32)33;11-7-3-1-4-6(10(14)16-8(4)12)2-5(3)9(13)15-7/h1-6H,(H,26,27)(H,28,29)(H,30,31)(H,32,33);1-2H. The van der Waals surface area contributed by atoms with E-state index in [-0.39, 0.29) is 57.9 Å². The Morgan fingerprint density at radius 1 is 0.449 bits per heavy atom. The predicted octanol–water partition coefficient (Wildman–Crippen LogP) is 3.39. The molecule has 0 unspecified atom stereocenters. The van der Waals surface area contributed by atoms with E-state index in [4.69, 9.17) is 20.4 Å². The summed E-state index contributed by atoms with van der Waals surface area (Å²) in [4.78, 5) is 89.7. The zero-order valence-electron chi connectivity index (χ0n) is 23.3. The summed E-state index contributed by atoms with van der Waals surface area (Å²) in [5, 5.41) is 36.2. The van der Waals surface area contributed by atoms with Crippen LogP contribution in [0.15, 0.2) is 76.5 Å². The first-order valence-corrected chi connectivity index (χ1v) is 12.6. The van der Waals surface area contributed by atoms with Crippen molar-refractivity contribution in [2.24, 2.45) is 0 Å². The normalized spacial score (nSPS) is 12.0. The van der Waals surface area contributed by atoms with Crippen LogP contribution in [0.3, 0.4) is 0 Å². The van der Waals surface area contributed by atoms with E-state index in [9.17, 15) is 64.7 Å². The Balaban J connectivity index is 0.000000278. The van der Waals surface area contributed by atoms with Crippen LogP contribution in [-0.2, 0) is 5.41 Å². The van der Waals surface area contributed by atoms with E-state index >= 15 is 0 Å². The average Bonchev–Trinajstić information content (AvgIpc) is 3.43. The Bertz CT molecular complexity index is 2190. The van der Waals surface area contributed by atoms with Crippen LogP contribution in [-0.4, -0.2) is 56.7 Å². The summed E-state index contributed by atoms with van der Waals surface area (Å²) in [5.74, 6) is -8.16. The van der Waals surface area contributed by atoms with Crippen LogP contribution in [0.5, 0.6) is 0 Å². The molecule has 14 nitrogen and oxygen atoms in total. The van der Waals surface area contributed by atoms with Crippen LogP contribution >= 0.6 is 0 Å². The number of benzene rings is 3. The molecule has 5 rings (SSSR count). The van der Waals surface area contributed by atoms with Crippen molar-refractivity contribution in [2.75, 3.05) is 0 Å². The quantitative estimate of drug-likeness (QED) is 0.186. The molecule has 0 saturated heterocycles. The van der Waals surface area contributed by atoms with Crippen LogP contribution < -0.4 is 22.5 Å². The molecule has 0 atom stereocenters. The Morgan fingerprint density at radius 2 is 0.714 bits per heavy atom. The molecule has 20 heteroatoms. The number of hydrogen-bond acceptors (Lipinski definition) is 10. The first-order chi connectivity index (χ1) is 22.5. The number of fused-ring (bicyclic) bond motifs is 2. The molecule has 5 aromatic rings. The van der Waals surface area contributed by atoms with Crippen molar-refractivity contribution in [3.63, 3.8) is 0 Å². The highest BCUT2D eigenvalue weighted by molar-refractivity contribution is 6.03. The van der Waals surface area contributed by atoms with Gasteiger partial charge in [-0.05, 0) is 47.5 Å². The van der Waals surface area contributed by atoms with E-state index in [1.807, 2.05) is 0 Å². The summed E-state index contributed by atoms with van der Waals surface area (Å²) >= 11 is 0.